The van der Waals surface area contributed by atoms with Crippen molar-refractivity contribution >= 4 is 43.2 Å². The first kappa shape index (κ1) is 12.7. The van der Waals surface area contributed by atoms with Gasteiger partial charge in [-0.2, -0.15) is 0 Å². The van der Waals surface area contributed by atoms with Gasteiger partial charge in [0.2, 0.25) is 0 Å². The fourth-order valence-corrected chi connectivity index (χ4v) is 4.18. The van der Waals surface area contributed by atoms with Crippen LogP contribution >= 0.6 is 43.2 Å². The molecule has 0 bridgehead atoms. The van der Waals surface area contributed by atoms with E-state index in [0.29, 0.717) is 0 Å². The average molecular weight is 389 g/mol. The number of fused-ring (bicyclic) bond motifs is 1. The van der Waals surface area contributed by atoms with Crippen molar-refractivity contribution in [2.75, 3.05) is 0 Å². The molecule has 2 aromatic rings. The molecule has 0 radical (unpaired) electrons. The van der Waals surface area contributed by atoms with Crippen LogP contribution in [0.5, 0.6) is 5.75 Å². The number of thiophene rings is 1. The highest BCUT2D eigenvalue weighted by Crippen LogP contribution is 2.43. The van der Waals surface area contributed by atoms with Gasteiger partial charge in [0.25, 0.3) is 0 Å². The molecule has 94 valence electrons. The number of ether oxygens (including phenoxy) is 1. The van der Waals surface area contributed by atoms with Crippen molar-refractivity contribution in [3.8, 4) is 5.75 Å². The number of halogens is 2. The minimum absolute atomic E-state index is 0.0286. The standard InChI is InChI=1S/C13H11Br2NOS/c14-7-1-2-8-10(16)6-12(17-11(8)5-7)13-9(15)3-4-18-13/h1-5,10,12H,6,16H2/t10-,12?/m1/s1. The summed E-state index contributed by atoms with van der Waals surface area (Å²) in [6, 6.07) is 8.10. The van der Waals surface area contributed by atoms with Crippen LogP contribution in [0, 0.1) is 0 Å². The second-order valence-corrected chi connectivity index (χ2v) is 6.98. The number of nitrogens with two attached hydrogens (primary N) is 1. The molecule has 0 fully saturated rings. The molecule has 2 N–H and O–H groups in total. The normalized spacial score (nSPS) is 22.4. The van der Waals surface area contributed by atoms with Gasteiger partial charge in [0.15, 0.2) is 0 Å². The summed E-state index contributed by atoms with van der Waals surface area (Å²) in [6.45, 7) is 0. The highest BCUT2D eigenvalue weighted by Gasteiger charge is 2.29. The van der Waals surface area contributed by atoms with Crippen LogP contribution in [0.15, 0.2) is 38.6 Å². The van der Waals surface area contributed by atoms with Gasteiger partial charge >= 0.3 is 0 Å². The maximum Gasteiger partial charge on any atom is 0.136 e. The Labute approximate surface area is 126 Å². The van der Waals surface area contributed by atoms with Crippen LogP contribution < -0.4 is 10.5 Å². The molecule has 2 nitrogen and oxygen atoms in total. The van der Waals surface area contributed by atoms with Crippen LogP contribution in [0.2, 0.25) is 0 Å². The summed E-state index contributed by atoms with van der Waals surface area (Å²) in [4.78, 5) is 1.20. The summed E-state index contributed by atoms with van der Waals surface area (Å²) in [7, 11) is 0. The van der Waals surface area contributed by atoms with Crippen LogP contribution in [0.25, 0.3) is 0 Å². The summed E-state index contributed by atoms with van der Waals surface area (Å²) in [5.41, 5.74) is 7.32. The highest BCUT2D eigenvalue weighted by atomic mass is 79.9. The van der Waals surface area contributed by atoms with Crippen LogP contribution in [-0.2, 0) is 0 Å². The fourth-order valence-electron chi connectivity index (χ4n) is 2.17. The van der Waals surface area contributed by atoms with Crippen LogP contribution in [0.4, 0.5) is 0 Å². The van der Waals surface area contributed by atoms with Crippen LogP contribution in [0.1, 0.15) is 29.0 Å². The summed E-state index contributed by atoms with van der Waals surface area (Å²) in [5.74, 6) is 0.883. The van der Waals surface area contributed by atoms with Gasteiger partial charge < -0.3 is 10.5 Å². The second kappa shape index (κ2) is 4.96. The van der Waals surface area contributed by atoms with Crippen LogP contribution in [-0.4, -0.2) is 0 Å². The molecule has 18 heavy (non-hydrogen) atoms. The third kappa shape index (κ3) is 2.25. The van der Waals surface area contributed by atoms with Gasteiger partial charge in [-0.3, -0.25) is 0 Å². The van der Waals surface area contributed by atoms with Gasteiger partial charge in [-0.1, -0.05) is 22.0 Å². The molecule has 2 heterocycles. The van der Waals surface area contributed by atoms with E-state index in [-0.39, 0.29) is 12.1 Å². The lowest BCUT2D eigenvalue weighted by molar-refractivity contribution is 0.164. The van der Waals surface area contributed by atoms with Crippen molar-refractivity contribution in [1.82, 2.24) is 0 Å². The first-order chi connectivity index (χ1) is 8.65. The topological polar surface area (TPSA) is 35.2 Å². The Kier molecular flexibility index (Phi) is 3.49. The molecule has 0 saturated heterocycles. The van der Waals surface area contributed by atoms with Gasteiger partial charge in [0, 0.05) is 27.0 Å². The van der Waals surface area contributed by atoms with Crippen molar-refractivity contribution < 1.29 is 4.74 Å². The van der Waals surface area contributed by atoms with Gasteiger partial charge in [0.1, 0.15) is 11.9 Å². The zero-order valence-corrected chi connectivity index (χ0v) is 13.4. The molecule has 0 spiro atoms. The Bertz CT molecular complexity index is 584. The fraction of sp³-hybridized carbons (Fsp3) is 0.231. The number of hydrogen-bond donors (Lipinski definition) is 1. The largest absolute Gasteiger partial charge is 0.484 e. The van der Waals surface area contributed by atoms with Crippen LogP contribution in [0.3, 0.4) is 0 Å². The molecule has 0 aliphatic carbocycles. The molecule has 1 unspecified atom stereocenters. The average Bonchev–Trinajstić information content (AvgIpc) is 2.74. The molecule has 0 saturated carbocycles. The first-order valence-corrected chi connectivity index (χ1v) is 8.06. The Morgan fingerprint density at radius 3 is 2.83 bits per heavy atom. The molecule has 1 aromatic heterocycles. The summed E-state index contributed by atoms with van der Waals surface area (Å²) >= 11 is 8.72. The minimum atomic E-state index is 0.0286. The smallest absolute Gasteiger partial charge is 0.136 e. The summed E-state index contributed by atoms with van der Waals surface area (Å²) in [6.07, 6.45) is 0.851. The molecule has 0 amide bonds. The summed E-state index contributed by atoms with van der Waals surface area (Å²) < 4.78 is 8.19. The monoisotopic (exact) mass is 387 g/mol. The zero-order valence-electron chi connectivity index (χ0n) is 9.40. The summed E-state index contributed by atoms with van der Waals surface area (Å²) in [5, 5.41) is 2.06. The molecule has 1 aliphatic heterocycles. The minimum Gasteiger partial charge on any atom is -0.484 e. The Hall–Kier alpha value is -0.360. The molecule has 3 rings (SSSR count). The predicted octanol–water partition coefficient (Wildman–Crippen LogP) is 4.80. The second-order valence-electron chi connectivity index (χ2n) is 4.26. The molecular formula is C13H11Br2NOS. The van der Waals surface area contributed by atoms with Crippen molar-refractivity contribution in [1.29, 1.82) is 0 Å². The Morgan fingerprint density at radius 2 is 2.11 bits per heavy atom. The van der Waals surface area contributed by atoms with Crippen molar-refractivity contribution in [3.05, 3.63) is 49.0 Å². The third-order valence-corrected chi connectivity index (χ3v) is 5.51. The Balaban J connectivity index is 1.98. The van der Waals surface area contributed by atoms with E-state index < -0.39 is 0 Å². The molecule has 2 atom stereocenters. The van der Waals surface area contributed by atoms with E-state index in [1.54, 1.807) is 11.3 Å². The van der Waals surface area contributed by atoms with E-state index in [1.165, 1.54) is 4.88 Å². The number of rotatable bonds is 1. The lowest BCUT2D eigenvalue weighted by atomic mass is 9.97. The first-order valence-electron chi connectivity index (χ1n) is 5.59. The maximum atomic E-state index is 6.24. The molecule has 1 aromatic carbocycles. The maximum absolute atomic E-state index is 6.24. The van der Waals surface area contributed by atoms with E-state index in [4.69, 9.17) is 10.5 Å². The molecule has 1 aliphatic rings. The lowest BCUT2D eigenvalue weighted by Gasteiger charge is -2.30. The van der Waals surface area contributed by atoms with Gasteiger partial charge in [0.05, 0.1) is 4.88 Å². The Morgan fingerprint density at radius 1 is 1.28 bits per heavy atom. The van der Waals surface area contributed by atoms with Gasteiger partial charge in [-0.25, -0.2) is 0 Å². The van der Waals surface area contributed by atoms with Crippen molar-refractivity contribution in [3.63, 3.8) is 0 Å². The molecular weight excluding hydrogens is 378 g/mol. The zero-order chi connectivity index (χ0) is 12.7. The SMILES string of the molecule is N[C@@H]1CC(c2sccc2Br)Oc2cc(Br)ccc21. The quantitative estimate of drug-likeness (QED) is 0.761. The van der Waals surface area contributed by atoms with E-state index in [9.17, 15) is 0 Å². The van der Waals surface area contributed by atoms with E-state index in [0.717, 1.165) is 26.7 Å². The van der Waals surface area contributed by atoms with Crippen molar-refractivity contribution in [2.24, 2.45) is 5.73 Å². The van der Waals surface area contributed by atoms with Crippen molar-refractivity contribution in [2.45, 2.75) is 18.6 Å². The van der Waals surface area contributed by atoms with E-state index in [1.807, 2.05) is 24.3 Å². The molecule has 5 heteroatoms. The van der Waals surface area contributed by atoms with E-state index >= 15 is 0 Å². The number of hydrogen-bond acceptors (Lipinski definition) is 3. The highest BCUT2D eigenvalue weighted by molar-refractivity contribution is 9.10. The predicted molar refractivity (Wildman–Crippen MR) is 81.1 cm³/mol. The lowest BCUT2D eigenvalue weighted by Crippen LogP contribution is -2.23. The van der Waals surface area contributed by atoms with Gasteiger partial charge in [-0.15, -0.1) is 11.3 Å². The van der Waals surface area contributed by atoms with Gasteiger partial charge in [-0.05, 0) is 39.5 Å². The number of benzene rings is 1. The van der Waals surface area contributed by atoms with E-state index in [2.05, 4.69) is 37.2 Å². The third-order valence-electron chi connectivity index (χ3n) is 3.05.